The van der Waals surface area contributed by atoms with Crippen LogP contribution in [0.15, 0.2) is 66.9 Å². The molecule has 1 amide bonds. The van der Waals surface area contributed by atoms with Gasteiger partial charge in [-0.3, -0.25) is 4.79 Å². The first-order valence-electron chi connectivity index (χ1n) is 11.3. The second-order valence-corrected chi connectivity index (χ2v) is 9.01. The maximum Gasteiger partial charge on any atom is 0.227 e. The van der Waals surface area contributed by atoms with Crippen LogP contribution in [0.1, 0.15) is 24.0 Å². The molecule has 4 nitrogen and oxygen atoms in total. The predicted molar refractivity (Wildman–Crippen MR) is 124 cm³/mol. The number of carbonyl (C=O) groups is 1. The van der Waals surface area contributed by atoms with Gasteiger partial charge in [0.05, 0.1) is 13.5 Å². The monoisotopic (exact) mass is 414 g/mol. The first-order valence-corrected chi connectivity index (χ1v) is 11.3. The van der Waals surface area contributed by atoms with E-state index in [2.05, 4.69) is 52.5 Å². The summed E-state index contributed by atoms with van der Waals surface area (Å²) in [5, 5.41) is 1.26. The molecule has 2 bridgehead atoms. The van der Waals surface area contributed by atoms with E-state index in [0.717, 1.165) is 42.3 Å². The summed E-state index contributed by atoms with van der Waals surface area (Å²) in [5.74, 6) is 3.01. The molecular weight excluding hydrogens is 384 g/mol. The summed E-state index contributed by atoms with van der Waals surface area (Å²) in [7, 11) is 1.66. The summed E-state index contributed by atoms with van der Waals surface area (Å²) in [6, 6.07) is 16.2. The number of amides is 1. The number of aromatic nitrogens is 1. The Kier molecular flexibility index (Phi) is 5.54. The van der Waals surface area contributed by atoms with Crippen LogP contribution in [0.4, 0.5) is 0 Å². The minimum Gasteiger partial charge on any atom is -0.497 e. The van der Waals surface area contributed by atoms with Crippen LogP contribution < -0.4 is 4.74 Å². The fourth-order valence-electron chi connectivity index (χ4n) is 5.33. The molecule has 4 heteroatoms. The van der Waals surface area contributed by atoms with Gasteiger partial charge in [0.2, 0.25) is 5.91 Å². The number of nitrogens with zero attached hydrogens (tertiary/aromatic N) is 1. The summed E-state index contributed by atoms with van der Waals surface area (Å²) in [6.07, 6.45) is 10.6. The number of hydrogen-bond acceptors (Lipinski definition) is 2. The van der Waals surface area contributed by atoms with Crippen LogP contribution >= 0.6 is 0 Å². The average molecular weight is 415 g/mol. The Morgan fingerprint density at radius 2 is 1.94 bits per heavy atom. The molecule has 1 saturated carbocycles. The van der Waals surface area contributed by atoms with Gasteiger partial charge in [-0.1, -0.05) is 42.5 Å². The smallest absolute Gasteiger partial charge is 0.227 e. The molecule has 0 spiro atoms. The van der Waals surface area contributed by atoms with Crippen molar-refractivity contribution in [3.63, 3.8) is 0 Å². The lowest BCUT2D eigenvalue weighted by Crippen LogP contribution is -2.39. The topological polar surface area (TPSA) is 45.3 Å². The number of fused-ring (bicyclic) bond motifs is 3. The minimum absolute atomic E-state index is 0.219. The van der Waals surface area contributed by atoms with Crippen LogP contribution in [0.25, 0.3) is 10.9 Å². The highest BCUT2D eigenvalue weighted by Gasteiger charge is 2.37. The van der Waals surface area contributed by atoms with Crippen LogP contribution in [0, 0.1) is 17.8 Å². The molecule has 2 aliphatic rings. The van der Waals surface area contributed by atoms with Gasteiger partial charge in [0, 0.05) is 30.2 Å². The average Bonchev–Trinajstić information content (AvgIpc) is 3.53. The number of rotatable bonds is 8. The molecular formula is C27H30N2O2. The largest absolute Gasteiger partial charge is 0.497 e. The van der Waals surface area contributed by atoms with E-state index in [4.69, 9.17) is 4.74 Å². The van der Waals surface area contributed by atoms with Crippen molar-refractivity contribution in [2.45, 2.75) is 25.7 Å². The molecule has 160 valence electrons. The van der Waals surface area contributed by atoms with Gasteiger partial charge in [0.1, 0.15) is 5.75 Å². The molecule has 0 aliphatic heterocycles. The Labute approximate surface area is 183 Å². The van der Waals surface area contributed by atoms with Crippen molar-refractivity contribution in [2.75, 3.05) is 20.2 Å². The maximum atomic E-state index is 13.4. The summed E-state index contributed by atoms with van der Waals surface area (Å²) in [5.41, 5.74) is 3.48. The molecule has 2 aromatic carbocycles. The van der Waals surface area contributed by atoms with Crippen molar-refractivity contribution in [1.29, 1.82) is 0 Å². The van der Waals surface area contributed by atoms with Crippen LogP contribution in [0.5, 0.6) is 5.75 Å². The Morgan fingerprint density at radius 1 is 1.10 bits per heavy atom. The number of ether oxygens (including phenoxy) is 1. The van der Waals surface area contributed by atoms with E-state index in [9.17, 15) is 4.79 Å². The van der Waals surface area contributed by atoms with E-state index in [1.165, 1.54) is 23.8 Å². The van der Waals surface area contributed by atoms with Crippen molar-refractivity contribution >= 4 is 16.8 Å². The SMILES string of the molecule is COc1ccc(CC(=O)N(CCc2c[nH]c3ccccc23)CC2CC3C=CC2C3)cc1. The van der Waals surface area contributed by atoms with Crippen molar-refractivity contribution in [1.82, 2.24) is 9.88 Å². The van der Waals surface area contributed by atoms with Gasteiger partial charge >= 0.3 is 0 Å². The summed E-state index contributed by atoms with van der Waals surface area (Å²) < 4.78 is 5.25. The van der Waals surface area contributed by atoms with Crippen LogP contribution in [-0.4, -0.2) is 36.0 Å². The van der Waals surface area contributed by atoms with Crippen molar-refractivity contribution in [2.24, 2.45) is 17.8 Å². The molecule has 1 N–H and O–H groups in total. The number of aromatic amines is 1. The third-order valence-electron chi connectivity index (χ3n) is 7.06. The number of nitrogens with one attached hydrogen (secondary N) is 1. The second kappa shape index (κ2) is 8.62. The molecule has 1 heterocycles. The maximum absolute atomic E-state index is 13.4. The molecule has 5 rings (SSSR count). The zero-order chi connectivity index (χ0) is 21.2. The molecule has 0 saturated heterocycles. The van der Waals surface area contributed by atoms with Crippen LogP contribution in [0.3, 0.4) is 0 Å². The third-order valence-corrected chi connectivity index (χ3v) is 7.06. The Balaban J connectivity index is 1.30. The highest BCUT2D eigenvalue weighted by molar-refractivity contribution is 5.83. The standard InChI is InChI=1S/C27H30N2O2/c1-31-24-10-7-19(8-11-24)16-27(30)29(18-23-15-20-6-9-21(23)14-20)13-12-22-17-28-26-5-3-2-4-25(22)26/h2-11,17,20-21,23,28H,12-16,18H2,1H3. The fourth-order valence-corrected chi connectivity index (χ4v) is 5.33. The number of methoxy groups -OCH3 is 1. The second-order valence-electron chi connectivity index (χ2n) is 9.01. The number of allylic oxidation sites excluding steroid dienone is 2. The number of para-hydroxylation sites is 1. The minimum atomic E-state index is 0.219. The molecule has 0 radical (unpaired) electrons. The Morgan fingerprint density at radius 3 is 2.68 bits per heavy atom. The summed E-state index contributed by atoms with van der Waals surface area (Å²) in [4.78, 5) is 18.8. The molecule has 3 unspecified atom stereocenters. The number of carbonyl (C=O) groups excluding carboxylic acids is 1. The van der Waals surface area contributed by atoms with Gasteiger partial charge in [0.15, 0.2) is 0 Å². The van der Waals surface area contributed by atoms with Gasteiger partial charge in [-0.25, -0.2) is 0 Å². The van der Waals surface area contributed by atoms with Gasteiger partial charge in [-0.2, -0.15) is 0 Å². The van der Waals surface area contributed by atoms with E-state index in [-0.39, 0.29) is 5.91 Å². The Hall–Kier alpha value is -3.01. The highest BCUT2D eigenvalue weighted by Crippen LogP contribution is 2.43. The zero-order valence-electron chi connectivity index (χ0n) is 18.1. The van der Waals surface area contributed by atoms with Gasteiger partial charge in [0.25, 0.3) is 0 Å². The lowest BCUT2D eigenvalue weighted by atomic mass is 9.92. The normalized spacial score (nSPS) is 21.6. The van der Waals surface area contributed by atoms with Crippen molar-refractivity contribution in [3.8, 4) is 5.75 Å². The number of H-pyrrole nitrogens is 1. The van der Waals surface area contributed by atoms with Crippen LogP contribution in [0.2, 0.25) is 0 Å². The van der Waals surface area contributed by atoms with Gasteiger partial charge in [-0.05, 0) is 66.3 Å². The summed E-state index contributed by atoms with van der Waals surface area (Å²) >= 11 is 0. The van der Waals surface area contributed by atoms with Crippen LogP contribution in [-0.2, 0) is 17.6 Å². The molecule has 31 heavy (non-hydrogen) atoms. The van der Waals surface area contributed by atoms with Gasteiger partial charge in [-0.15, -0.1) is 0 Å². The van der Waals surface area contributed by atoms with Crippen molar-refractivity contribution in [3.05, 3.63) is 78.0 Å². The number of hydrogen-bond donors (Lipinski definition) is 1. The summed E-state index contributed by atoms with van der Waals surface area (Å²) in [6.45, 7) is 1.62. The van der Waals surface area contributed by atoms with E-state index in [1.54, 1.807) is 7.11 Å². The molecule has 1 fully saturated rings. The van der Waals surface area contributed by atoms with Gasteiger partial charge < -0.3 is 14.6 Å². The first-order chi connectivity index (χ1) is 15.2. The van der Waals surface area contributed by atoms with E-state index < -0.39 is 0 Å². The third kappa shape index (κ3) is 4.25. The number of benzene rings is 2. The predicted octanol–water partition coefficient (Wildman–Crippen LogP) is 5.00. The first kappa shape index (κ1) is 19.9. The molecule has 3 atom stereocenters. The fraction of sp³-hybridized carbons (Fsp3) is 0.370. The lowest BCUT2D eigenvalue weighted by molar-refractivity contribution is -0.131. The van der Waals surface area contributed by atoms with E-state index in [1.807, 2.05) is 24.3 Å². The molecule has 3 aromatic rings. The molecule has 2 aliphatic carbocycles. The highest BCUT2D eigenvalue weighted by atomic mass is 16.5. The van der Waals surface area contributed by atoms with E-state index in [0.29, 0.717) is 18.3 Å². The van der Waals surface area contributed by atoms with E-state index >= 15 is 0 Å². The van der Waals surface area contributed by atoms with Crippen molar-refractivity contribution < 1.29 is 9.53 Å². The zero-order valence-corrected chi connectivity index (χ0v) is 18.1. The molecule has 1 aromatic heterocycles. The quantitative estimate of drug-likeness (QED) is 0.527. The Bertz CT molecular complexity index is 1080. The lowest BCUT2D eigenvalue weighted by Gasteiger charge is -2.29.